The van der Waals surface area contributed by atoms with E-state index in [1.807, 2.05) is 0 Å². The molecule has 3 N–H and O–H groups in total. The van der Waals surface area contributed by atoms with E-state index in [-0.39, 0.29) is 30.2 Å². The summed E-state index contributed by atoms with van der Waals surface area (Å²) in [6.45, 7) is 0. The largest absolute Gasteiger partial charge is 0.416 e. The van der Waals surface area contributed by atoms with Crippen LogP contribution in [-0.2, 0) is 22.2 Å². The molecule has 1 unspecified atom stereocenters. The molecule has 2 aromatic carbocycles. The van der Waals surface area contributed by atoms with Gasteiger partial charge >= 0.3 is 6.18 Å². The molecule has 0 saturated carbocycles. The summed E-state index contributed by atoms with van der Waals surface area (Å²) in [6.07, 6.45) is -0.0880. The smallest absolute Gasteiger partial charge is 0.363 e. The zero-order valence-corrected chi connectivity index (χ0v) is 20.4. The van der Waals surface area contributed by atoms with Crippen molar-refractivity contribution in [3.8, 4) is 17.1 Å². The van der Waals surface area contributed by atoms with E-state index in [1.54, 1.807) is 30.3 Å². The van der Waals surface area contributed by atoms with E-state index >= 15 is 0 Å². The summed E-state index contributed by atoms with van der Waals surface area (Å²) >= 11 is 0. The lowest BCUT2D eigenvalue weighted by Crippen LogP contribution is -2.47. The van der Waals surface area contributed by atoms with Crippen LogP contribution in [0.2, 0.25) is 0 Å². The van der Waals surface area contributed by atoms with Crippen molar-refractivity contribution in [3.05, 3.63) is 102 Å². The number of benzene rings is 2. The topological polar surface area (TPSA) is 120 Å². The van der Waals surface area contributed by atoms with Gasteiger partial charge in [0.1, 0.15) is 12.4 Å². The van der Waals surface area contributed by atoms with E-state index in [9.17, 15) is 27.6 Å². The number of hydrogen-bond donors (Lipinski definition) is 2. The molecule has 196 valence electrons. The SMILES string of the molecule is Cl.NC(=O)C(=O)C(Cc1ccccc1)NC(=O)c1cccnc1-n1cnc(-c2ccc(C(F)(F)F)cc2)c1. The van der Waals surface area contributed by atoms with Crippen molar-refractivity contribution in [3.63, 3.8) is 0 Å². The Kier molecular flexibility index (Phi) is 8.64. The predicted molar refractivity (Wildman–Crippen MR) is 135 cm³/mol. The van der Waals surface area contributed by atoms with Crippen LogP contribution in [0.5, 0.6) is 0 Å². The lowest BCUT2D eigenvalue weighted by atomic mass is 10.0. The number of nitrogens with zero attached hydrogens (tertiary/aromatic N) is 3. The fraction of sp³-hybridized carbons (Fsp3) is 0.115. The first-order chi connectivity index (χ1) is 17.6. The molecule has 8 nitrogen and oxygen atoms in total. The van der Waals surface area contributed by atoms with Crippen molar-refractivity contribution in [1.29, 1.82) is 0 Å². The molecule has 38 heavy (non-hydrogen) atoms. The molecule has 2 heterocycles. The van der Waals surface area contributed by atoms with Gasteiger partial charge in [0.15, 0.2) is 5.82 Å². The number of alkyl halides is 3. The maximum atomic E-state index is 13.2. The molecule has 4 rings (SSSR count). The van der Waals surface area contributed by atoms with Crippen LogP contribution in [0.4, 0.5) is 13.2 Å². The second kappa shape index (κ2) is 11.7. The Morgan fingerprint density at radius 1 is 0.947 bits per heavy atom. The first-order valence-corrected chi connectivity index (χ1v) is 11.0. The average molecular weight is 544 g/mol. The van der Waals surface area contributed by atoms with Crippen LogP contribution >= 0.6 is 12.4 Å². The Morgan fingerprint density at radius 3 is 2.26 bits per heavy atom. The average Bonchev–Trinajstić information content (AvgIpc) is 3.38. The highest BCUT2D eigenvalue weighted by Crippen LogP contribution is 2.30. The second-order valence-corrected chi connectivity index (χ2v) is 8.06. The lowest BCUT2D eigenvalue weighted by Gasteiger charge is -2.17. The third-order valence-corrected chi connectivity index (χ3v) is 5.51. The quantitative estimate of drug-likeness (QED) is 0.328. The molecule has 0 aliphatic heterocycles. The zero-order chi connectivity index (χ0) is 26.6. The minimum absolute atomic E-state index is 0. The van der Waals surface area contributed by atoms with Gasteiger partial charge in [0, 0.05) is 24.4 Å². The number of halogens is 4. The monoisotopic (exact) mass is 543 g/mol. The van der Waals surface area contributed by atoms with Gasteiger partial charge in [-0.1, -0.05) is 42.5 Å². The van der Waals surface area contributed by atoms with Crippen molar-refractivity contribution < 1.29 is 27.6 Å². The number of carbonyl (C=O) groups excluding carboxylic acids is 3. The molecule has 12 heteroatoms. The molecule has 2 aromatic heterocycles. The Bertz CT molecular complexity index is 1440. The summed E-state index contributed by atoms with van der Waals surface area (Å²) in [6, 6.07) is 15.1. The summed E-state index contributed by atoms with van der Waals surface area (Å²) < 4.78 is 40.0. The molecule has 2 amide bonds. The molecular weight excluding hydrogens is 523 g/mol. The van der Waals surface area contributed by atoms with E-state index in [0.29, 0.717) is 16.8 Å². The number of carbonyl (C=O) groups is 3. The van der Waals surface area contributed by atoms with Crippen LogP contribution in [-0.4, -0.2) is 38.2 Å². The highest BCUT2D eigenvalue weighted by molar-refractivity contribution is 6.38. The number of amides is 2. The van der Waals surface area contributed by atoms with E-state index in [0.717, 1.165) is 12.1 Å². The number of primary amides is 1. The highest BCUT2D eigenvalue weighted by atomic mass is 35.5. The van der Waals surface area contributed by atoms with E-state index in [2.05, 4.69) is 15.3 Å². The molecule has 0 bridgehead atoms. The van der Waals surface area contributed by atoms with Gasteiger partial charge in [-0.2, -0.15) is 13.2 Å². The van der Waals surface area contributed by atoms with Gasteiger partial charge in [-0.3, -0.25) is 19.0 Å². The molecule has 0 radical (unpaired) electrons. The normalized spacial score (nSPS) is 11.8. The summed E-state index contributed by atoms with van der Waals surface area (Å²) in [7, 11) is 0. The predicted octanol–water partition coefficient (Wildman–Crippen LogP) is 3.77. The van der Waals surface area contributed by atoms with Crippen LogP contribution in [0, 0.1) is 0 Å². The number of nitrogens with one attached hydrogen (secondary N) is 1. The lowest BCUT2D eigenvalue weighted by molar-refractivity contribution is -0.137. The van der Waals surface area contributed by atoms with E-state index in [1.165, 1.54) is 47.6 Å². The van der Waals surface area contributed by atoms with Crippen molar-refractivity contribution in [2.45, 2.75) is 18.6 Å². The fourth-order valence-electron chi connectivity index (χ4n) is 3.66. The van der Waals surface area contributed by atoms with Gasteiger partial charge in [-0.25, -0.2) is 9.97 Å². The fourth-order valence-corrected chi connectivity index (χ4v) is 3.66. The van der Waals surface area contributed by atoms with E-state index in [4.69, 9.17) is 5.73 Å². The maximum Gasteiger partial charge on any atom is 0.416 e. The Balaban J connectivity index is 0.00000400. The van der Waals surface area contributed by atoms with Gasteiger partial charge < -0.3 is 11.1 Å². The van der Waals surface area contributed by atoms with Crippen molar-refractivity contribution in [1.82, 2.24) is 19.9 Å². The minimum Gasteiger partial charge on any atom is -0.363 e. The van der Waals surface area contributed by atoms with Gasteiger partial charge in [0.2, 0.25) is 5.78 Å². The van der Waals surface area contributed by atoms with Gasteiger partial charge in [-0.15, -0.1) is 12.4 Å². The molecule has 1 atom stereocenters. The summed E-state index contributed by atoms with van der Waals surface area (Å²) in [4.78, 5) is 45.6. The molecule has 0 aliphatic carbocycles. The number of ketones is 1. The second-order valence-electron chi connectivity index (χ2n) is 8.06. The third-order valence-electron chi connectivity index (χ3n) is 5.51. The standard InChI is InChI=1S/C26H20F3N5O3.ClH/c27-26(28,29)18-10-8-17(9-11-18)21-14-34(15-32-21)24-19(7-4-12-31-24)25(37)33-20(22(35)23(30)36)13-16-5-2-1-3-6-16;/h1-12,14-15,20H,13H2,(H2,30,36)(H,33,37);1H. The number of imidazole rings is 1. The number of aromatic nitrogens is 3. The molecule has 4 aromatic rings. The molecule has 0 fully saturated rings. The van der Waals surface area contributed by atoms with E-state index < -0.39 is 35.4 Å². The van der Waals surface area contributed by atoms with Crippen LogP contribution < -0.4 is 11.1 Å². The Morgan fingerprint density at radius 2 is 1.63 bits per heavy atom. The summed E-state index contributed by atoms with van der Waals surface area (Å²) in [5.41, 5.74) is 5.99. The zero-order valence-electron chi connectivity index (χ0n) is 19.6. The number of rotatable bonds is 8. The van der Waals surface area contributed by atoms with Crippen molar-refractivity contribution in [2.24, 2.45) is 5.73 Å². The number of Topliss-reactive ketones (excluding diaryl/α,β-unsaturated/α-hetero) is 1. The van der Waals surface area contributed by atoms with Gasteiger partial charge in [0.05, 0.1) is 16.8 Å². The Labute approximate surface area is 221 Å². The summed E-state index contributed by atoms with van der Waals surface area (Å²) in [5.74, 6) is -2.64. The van der Waals surface area contributed by atoms with Crippen LogP contribution in [0.1, 0.15) is 21.5 Å². The van der Waals surface area contributed by atoms with Crippen molar-refractivity contribution in [2.75, 3.05) is 0 Å². The van der Waals surface area contributed by atoms with Crippen LogP contribution in [0.3, 0.4) is 0 Å². The number of hydrogen-bond acceptors (Lipinski definition) is 5. The van der Waals surface area contributed by atoms with Crippen LogP contribution in [0.15, 0.2) is 85.5 Å². The van der Waals surface area contributed by atoms with Crippen molar-refractivity contribution >= 4 is 30.0 Å². The minimum atomic E-state index is -4.46. The number of nitrogens with two attached hydrogens (primary N) is 1. The molecular formula is C26H21ClF3N5O3. The van der Waals surface area contributed by atoms with Crippen LogP contribution in [0.25, 0.3) is 17.1 Å². The number of pyridine rings is 1. The molecule has 0 saturated heterocycles. The molecule has 0 spiro atoms. The highest BCUT2D eigenvalue weighted by Gasteiger charge is 2.30. The first kappa shape index (κ1) is 28.1. The maximum absolute atomic E-state index is 13.2. The third kappa shape index (κ3) is 6.43. The summed E-state index contributed by atoms with van der Waals surface area (Å²) in [5, 5.41) is 2.56. The van der Waals surface area contributed by atoms with Gasteiger partial charge in [0.25, 0.3) is 11.8 Å². The van der Waals surface area contributed by atoms with Gasteiger partial charge in [-0.05, 0) is 29.8 Å². The Hall–Kier alpha value is -4.51. The first-order valence-electron chi connectivity index (χ1n) is 11.0. The molecule has 0 aliphatic rings.